The molecule has 0 unspecified atom stereocenters. The van der Waals surface area contributed by atoms with Gasteiger partial charge in [0.05, 0.1) is 16.9 Å². The van der Waals surface area contributed by atoms with Crippen LogP contribution in [0.3, 0.4) is 0 Å². The molecule has 3 heteroatoms. The van der Waals surface area contributed by atoms with Crippen LogP contribution in [-0.2, 0) is 0 Å². The molecular weight excluding hydrogens is 222 g/mol. The van der Waals surface area contributed by atoms with Crippen LogP contribution < -0.4 is 10.6 Å². The SMILES string of the molecule is CN(CC1CCC1)c1ccc2ncccc2c1N. The molecule has 0 atom stereocenters. The summed E-state index contributed by atoms with van der Waals surface area (Å²) in [5.74, 6) is 0.846. The number of hydrogen-bond donors (Lipinski definition) is 1. The summed E-state index contributed by atoms with van der Waals surface area (Å²) in [5.41, 5.74) is 9.22. The lowest BCUT2D eigenvalue weighted by Gasteiger charge is -2.32. The van der Waals surface area contributed by atoms with Crippen LogP contribution >= 0.6 is 0 Å². The highest BCUT2D eigenvalue weighted by atomic mass is 15.1. The number of hydrogen-bond acceptors (Lipinski definition) is 3. The van der Waals surface area contributed by atoms with Gasteiger partial charge in [0.1, 0.15) is 0 Å². The molecule has 1 saturated carbocycles. The quantitative estimate of drug-likeness (QED) is 0.840. The maximum absolute atomic E-state index is 6.27. The first-order valence-corrected chi connectivity index (χ1v) is 6.60. The van der Waals surface area contributed by atoms with E-state index in [4.69, 9.17) is 5.73 Å². The maximum atomic E-state index is 6.27. The Morgan fingerprint density at radius 2 is 2.17 bits per heavy atom. The summed E-state index contributed by atoms with van der Waals surface area (Å²) in [6.07, 6.45) is 5.91. The molecule has 94 valence electrons. The number of rotatable bonds is 3. The second-order valence-corrected chi connectivity index (χ2v) is 5.25. The average molecular weight is 241 g/mol. The Hall–Kier alpha value is -1.77. The Morgan fingerprint density at radius 1 is 1.33 bits per heavy atom. The molecule has 0 spiro atoms. The van der Waals surface area contributed by atoms with Crippen molar-refractivity contribution in [2.45, 2.75) is 19.3 Å². The Morgan fingerprint density at radius 3 is 2.89 bits per heavy atom. The number of nitrogen functional groups attached to an aromatic ring is 1. The summed E-state index contributed by atoms with van der Waals surface area (Å²) in [6, 6.07) is 8.12. The number of benzene rings is 1. The normalized spacial score (nSPS) is 15.6. The van der Waals surface area contributed by atoms with Gasteiger partial charge in [0.2, 0.25) is 0 Å². The number of aromatic nitrogens is 1. The van der Waals surface area contributed by atoms with Gasteiger partial charge >= 0.3 is 0 Å². The molecule has 0 radical (unpaired) electrons. The summed E-state index contributed by atoms with van der Waals surface area (Å²) < 4.78 is 0. The van der Waals surface area contributed by atoms with Crippen molar-refractivity contribution >= 4 is 22.3 Å². The molecule has 0 bridgehead atoms. The molecular formula is C15H19N3. The topological polar surface area (TPSA) is 42.2 Å². The molecule has 1 aromatic heterocycles. The average Bonchev–Trinajstić information content (AvgIpc) is 2.34. The number of pyridine rings is 1. The summed E-state index contributed by atoms with van der Waals surface area (Å²) in [4.78, 5) is 6.62. The van der Waals surface area contributed by atoms with E-state index >= 15 is 0 Å². The minimum Gasteiger partial charge on any atom is -0.396 e. The fourth-order valence-corrected chi connectivity index (χ4v) is 2.66. The predicted octanol–water partition coefficient (Wildman–Crippen LogP) is 3.05. The van der Waals surface area contributed by atoms with Crippen molar-refractivity contribution in [1.82, 2.24) is 4.98 Å². The van der Waals surface area contributed by atoms with E-state index in [9.17, 15) is 0 Å². The van der Waals surface area contributed by atoms with E-state index in [1.165, 1.54) is 19.3 Å². The van der Waals surface area contributed by atoms with Gasteiger partial charge in [0.25, 0.3) is 0 Å². The van der Waals surface area contributed by atoms with Gasteiger partial charge in [0, 0.05) is 25.2 Å². The molecule has 1 heterocycles. The summed E-state index contributed by atoms with van der Waals surface area (Å²) in [7, 11) is 2.13. The zero-order chi connectivity index (χ0) is 12.5. The molecule has 1 fully saturated rings. The molecule has 0 aliphatic heterocycles. The van der Waals surface area contributed by atoms with Crippen molar-refractivity contribution in [1.29, 1.82) is 0 Å². The fraction of sp³-hybridized carbons (Fsp3) is 0.400. The van der Waals surface area contributed by atoms with Crippen LogP contribution in [0.5, 0.6) is 0 Å². The lowest BCUT2D eigenvalue weighted by atomic mass is 9.85. The van der Waals surface area contributed by atoms with Gasteiger partial charge < -0.3 is 10.6 Å². The van der Waals surface area contributed by atoms with Crippen molar-refractivity contribution in [2.75, 3.05) is 24.2 Å². The van der Waals surface area contributed by atoms with E-state index in [0.29, 0.717) is 0 Å². The van der Waals surface area contributed by atoms with Crippen LogP contribution in [0.1, 0.15) is 19.3 Å². The number of anilines is 2. The van der Waals surface area contributed by atoms with Gasteiger partial charge in [-0.15, -0.1) is 0 Å². The third-order valence-corrected chi connectivity index (χ3v) is 3.97. The van der Waals surface area contributed by atoms with Crippen molar-refractivity contribution in [3.63, 3.8) is 0 Å². The molecule has 1 aliphatic carbocycles. The van der Waals surface area contributed by atoms with Crippen molar-refractivity contribution in [3.8, 4) is 0 Å². The van der Waals surface area contributed by atoms with E-state index in [1.54, 1.807) is 6.20 Å². The number of nitrogens with zero attached hydrogens (tertiary/aromatic N) is 2. The Kier molecular flexibility index (Phi) is 2.82. The zero-order valence-corrected chi connectivity index (χ0v) is 10.8. The van der Waals surface area contributed by atoms with Crippen LogP contribution in [0.25, 0.3) is 10.9 Å². The van der Waals surface area contributed by atoms with Crippen molar-refractivity contribution in [2.24, 2.45) is 5.92 Å². The van der Waals surface area contributed by atoms with Crippen LogP contribution in [-0.4, -0.2) is 18.6 Å². The first-order chi connectivity index (χ1) is 8.75. The van der Waals surface area contributed by atoms with Gasteiger partial charge in [-0.1, -0.05) is 6.42 Å². The lowest BCUT2D eigenvalue weighted by molar-refractivity contribution is 0.321. The molecule has 0 saturated heterocycles. The van der Waals surface area contributed by atoms with E-state index < -0.39 is 0 Å². The number of fused-ring (bicyclic) bond motifs is 1. The van der Waals surface area contributed by atoms with Crippen LogP contribution in [0.15, 0.2) is 30.5 Å². The smallest absolute Gasteiger partial charge is 0.0724 e. The van der Waals surface area contributed by atoms with Gasteiger partial charge in [0.15, 0.2) is 0 Å². The van der Waals surface area contributed by atoms with E-state index in [1.807, 2.05) is 12.1 Å². The van der Waals surface area contributed by atoms with Gasteiger partial charge in [-0.25, -0.2) is 0 Å². The molecule has 3 nitrogen and oxygen atoms in total. The molecule has 1 aromatic carbocycles. The fourth-order valence-electron chi connectivity index (χ4n) is 2.66. The standard InChI is InChI=1S/C15H19N3/c1-18(10-11-4-2-5-11)14-8-7-13-12(15(14)16)6-3-9-17-13/h3,6-9,11H,2,4-5,10,16H2,1H3. The van der Waals surface area contributed by atoms with E-state index in [2.05, 4.69) is 29.1 Å². The summed E-state index contributed by atoms with van der Waals surface area (Å²) in [5, 5.41) is 1.05. The predicted molar refractivity (Wildman–Crippen MR) is 76.8 cm³/mol. The molecule has 3 rings (SSSR count). The monoisotopic (exact) mass is 241 g/mol. The minimum atomic E-state index is 0.846. The van der Waals surface area contributed by atoms with Crippen LogP contribution in [0.4, 0.5) is 11.4 Å². The van der Waals surface area contributed by atoms with Gasteiger partial charge in [-0.3, -0.25) is 4.98 Å². The highest BCUT2D eigenvalue weighted by molar-refractivity contribution is 5.97. The lowest BCUT2D eigenvalue weighted by Crippen LogP contribution is -2.29. The molecule has 2 N–H and O–H groups in total. The third kappa shape index (κ3) is 1.90. The first kappa shape index (κ1) is 11.3. The van der Waals surface area contributed by atoms with Gasteiger partial charge in [-0.05, 0) is 43.0 Å². The molecule has 0 amide bonds. The molecule has 1 aliphatic rings. The Balaban J connectivity index is 1.93. The largest absolute Gasteiger partial charge is 0.396 e. The Bertz CT molecular complexity index is 561. The summed E-state index contributed by atoms with van der Waals surface area (Å²) in [6.45, 7) is 1.11. The molecule has 18 heavy (non-hydrogen) atoms. The first-order valence-electron chi connectivity index (χ1n) is 6.60. The second kappa shape index (κ2) is 4.48. The highest BCUT2D eigenvalue weighted by Gasteiger charge is 2.20. The number of nitrogens with two attached hydrogens (primary N) is 1. The van der Waals surface area contributed by atoms with Crippen molar-refractivity contribution in [3.05, 3.63) is 30.5 Å². The van der Waals surface area contributed by atoms with E-state index in [-0.39, 0.29) is 0 Å². The highest BCUT2D eigenvalue weighted by Crippen LogP contribution is 2.33. The minimum absolute atomic E-state index is 0.846. The van der Waals surface area contributed by atoms with Crippen LogP contribution in [0.2, 0.25) is 0 Å². The maximum Gasteiger partial charge on any atom is 0.0724 e. The van der Waals surface area contributed by atoms with Crippen molar-refractivity contribution < 1.29 is 0 Å². The second-order valence-electron chi connectivity index (χ2n) is 5.25. The Labute approximate surface area is 108 Å². The van der Waals surface area contributed by atoms with Crippen LogP contribution in [0, 0.1) is 5.92 Å². The van der Waals surface area contributed by atoms with Gasteiger partial charge in [-0.2, -0.15) is 0 Å². The summed E-state index contributed by atoms with van der Waals surface area (Å²) >= 11 is 0. The third-order valence-electron chi connectivity index (χ3n) is 3.97. The molecule has 2 aromatic rings. The van der Waals surface area contributed by atoms with E-state index in [0.717, 1.165) is 34.7 Å². The zero-order valence-electron chi connectivity index (χ0n) is 10.8.